The summed E-state index contributed by atoms with van der Waals surface area (Å²) in [5.74, 6) is 1.28. The monoisotopic (exact) mass is 550 g/mol. The van der Waals surface area contributed by atoms with Gasteiger partial charge in [0.2, 0.25) is 10.0 Å². The predicted molar refractivity (Wildman–Crippen MR) is 137 cm³/mol. The number of piperidine rings is 1. The second kappa shape index (κ2) is 12.2. The zero-order valence-corrected chi connectivity index (χ0v) is 22.2. The van der Waals surface area contributed by atoms with Gasteiger partial charge in [0.1, 0.15) is 0 Å². The number of nitrogens with one attached hydrogen (secondary N) is 2. The van der Waals surface area contributed by atoms with Gasteiger partial charge in [0.05, 0.1) is 6.26 Å². The van der Waals surface area contributed by atoms with E-state index in [2.05, 4.69) is 62.6 Å². The molecule has 30 heavy (non-hydrogen) atoms. The number of nitrogens with zero attached hydrogens (tertiary/aromatic N) is 2. The summed E-state index contributed by atoms with van der Waals surface area (Å²) in [5, 5.41) is 6.72. The van der Waals surface area contributed by atoms with Crippen LogP contribution in [0.4, 0.5) is 0 Å². The molecule has 1 heterocycles. The van der Waals surface area contributed by atoms with Crippen LogP contribution in [0.15, 0.2) is 29.3 Å². The van der Waals surface area contributed by atoms with E-state index >= 15 is 0 Å². The molecular formula is C22H39IN4O2S. The minimum absolute atomic E-state index is 0. The molecule has 0 amide bonds. The van der Waals surface area contributed by atoms with E-state index in [0.29, 0.717) is 19.0 Å². The lowest BCUT2D eigenvalue weighted by molar-refractivity contribution is 0.280. The molecule has 0 atom stereocenters. The van der Waals surface area contributed by atoms with Gasteiger partial charge in [0, 0.05) is 32.7 Å². The second-order valence-electron chi connectivity index (χ2n) is 8.95. The number of guanidine groups is 1. The molecular weight excluding hydrogens is 511 g/mol. The Bertz CT molecular complexity index is 765. The van der Waals surface area contributed by atoms with Gasteiger partial charge in [-0.15, -0.1) is 24.0 Å². The topological polar surface area (TPSA) is 73.8 Å². The molecule has 1 aromatic carbocycles. The van der Waals surface area contributed by atoms with E-state index in [1.165, 1.54) is 17.4 Å². The van der Waals surface area contributed by atoms with E-state index in [1.807, 2.05) is 0 Å². The summed E-state index contributed by atoms with van der Waals surface area (Å²) in [4.78, 5) is 4.73. The maximum absolute atomic E-state index is 11.6. The van der Waals surface area contributed by atoms with Crippen LogP contribution in [-0.2, 0) is 21.9 Å². The third kappa shape index (κ3) is 9.09. The van der Waals surface area contributed by atoms with Crippen molar-refractivity contribution in [1.29, 1.82) is 0 Å². The minimum atomic E-state index is -3.07. The van der Waals surface area contributed by atoms with Crippen LogP contribution >= 0.6 is 24.0 Å². The fourth-order valence-corrected chi connectivity index (χ4v) is 4.36. The lowest BCUT2D eigenvalue weighted by atomic mass is 9.86. The lowest BCUT2D eigenvalue weighted by Gasteiger charge is -2.29. The smallest absolute Gasteiger partial charge is 0.211 e. The molecule has 1 fully saturated rings. The molecule has 0 aromatic heterocycles. The van der Waals surface area contributed by atoms with Crippen LogP contribution in [-0.4, -0.2) is 57.7 Å². The summed E-state index contributed by atoms with van der Waals surface area (Å²) in [6, 6.07) is 8.86. The van der Waals surface area contributed by atoms with Crippen LogP contribution in [0.1, 0.15) is 51.7 Å². The number of hydrogen-bond donors (Lipinski definition) is 2. The zero-order valence-electron chi connectivity index (χ0n) is 19.1. The third-order valence-electron chi connectivity index (χ3n) is 5.42. The van der Waals surface area contributed by atoms with E-state index in [1.54, 1.807) is 4.31 Å². The number of benzene rings is 1. The van der Waals surface area contributed by atoms with Gasteiger partial charge in [0.25, 0.3) is 0 Å². The number of rotatable bonds is 7. The van der Waals surface area contributed by atoms with Crippen molar-refractivity contribution in [2.75, 3.05) is 39.0 Å². The van der Waals surface area contributed by atoms with E-state index in [9.17, 15) is 8.42 Å². The van der Waals surface area contributed by atoms with Crippen LogP contribution in [0, 0.1) is 5.92 Å². The standard InChI is InChI=1S/C22H38N4O2S.HI/c1-6-23-21(25-17-19-12-15-26(16-13-19)29(5,27)28)24-14-11-18-7-9-20(10-8-18)22(2,3)4;/h7-10,19H,6,11-17H2,1-5H3,(H2,23,24,25);1H. The quantitative estimate of drug-likeness (QED) is 0.310. The highest BCUT2D eigenvalue weighted by Gasteiger charge is 2.24. The Hall–Kier alpha value is -0.870. The van der Waals surface area contributed by atoms with Crippen molar-refractivity contribution >= 4 is 40.0 Å². The first kappa shape index (κ1) is 27.2. The van der Waals surface area contributed by atoms with Crippen LogP contribution in [0.5, 0.6) is 0 Å². The number of halogens is 1. The van der Waals surface area contributed by atoms with Gasteiger partial charge in [0.15, 0.2) is 5.96 Å². The first-order chi connectivity index (χ1) is 13.6. The Morgan fingerprint density at radius 3 is 2.23 bits per heavy atom. The highest BCUT2D eigenvalue weighted by atomic mass is 127. The van der Waals surface area contributed by atoms with Crippen molar-refractivity contribution in [3.8, 4) is 0 Å². The van der Waals surface area contributed by atoms with Crippen LogP contribution in [0.3, 0.4) is 0 Å². The average Bonchev–Trinajstić information content (AvgIpc) is 2.65. The molecule has 8 heteroatoms. The maximum atomic E-state index is 11.6. The first-order valence-electron chi connectivity index (χ1n) is 10.7. The van der Waals surface area contributed by atoms with Crippen LogP contribution in [0.25, 0.3) is 0 Å². The molecule has 6 nitrogen and oxygen atoms in total. The second-order valence-corrected chi connectivity index (χ2v) is 10.9. The van der Waals surface area contributed by atoms with Crippen molar-refractivity contribution in [3.63, 3.8) is 0 Å². The maximum Gasteiger partial charge on any atom is 0.211 e. The molecule has 0 spiro atoms. The summed E-state index contributed by atoms with van der Waals surface area (Å²) in [6.07, 6.45) is 3.98. The van der Waals surface area contributed by atoms with E-state index in [-0.39, 0.29) is 29.4 Å². The minimum Gasteiger partial charge on any atom is -0.357 e. The molecule has 1 aliphatic heterocycles. The van der Waals surface area contributed by atoms with Gasteiger partial charge in [-0.3, -0.25) is 4.99 Å². The summed E-state index contributed by atoms with van der Waals surface area (Å²) < 4.78 is 24.8. The molecule has 172 valence electrons. The Balaban J connectivity index is 0.00000450. The van der Waals surface area contributed by atoms with Crippen LogP contribution in [0.2, 0.25) is 0 Å². The molecule has 1 aliphatic rings. The third-order valence-corrected chi connectivity index (χ3v) is 6.72. The molecule has 2 N–H and O–H groups in total. The lowest BCUT2D eigenvalue weighted by Crippen LogP contribution is -2.40. The van der Waals surface area contributed by atoms with Gasteiger partial charge >= 0.3 is 0 Å². The molecule has 1 aromatic rings. The largest absolute Gasteiger partial charge is 0.357 e. The molecule has 0 radical (unpaired) electrons. The highest BCUT2D eigenvalue weighted by Crippen LogP contribution is 2.22. The van der Waals surface area contributed by atoms with Crippen molar-refractivity contribution in [2.24, 2.45) is 10.9 Å². The molecule has 0 bridgehead atoms. The number of hydrogen-bond acceptors (Lipinski definition) is 3. The summed E-state index contributed by atoms with van der Waals surface area (Å²) >= 11 is 0. The molecule has 0 unspecified atom stereocenters. The zero-order chi connectivity index (χ0) is 21.5. The summed E-state index contributed by atoms with van der Waals surface area (Å²) in [7, 11) is -3.07. The van der Waals surface area contributed by atoms with Crippen molar-refractivity contribution < 1.29 is 8.42 Å². The van der Waals surface area contributed by atoms with Gasteiger partial charge < -0.3 is 10.6 Å². The Morgan fingerprint density at radius 2 is 1.73 bits per heavy atom. The van der Waals surface area contributed by atoms with Crippen molar-refractivity contribution in [1.82, 2.24) is 14.9 Å². The van der Waals surface area contributed by atoms with Gasteiger partial charge in [-0.2, -0.15) is 0 Å². The molecule has 1 saturated heterocycles. The Kier molecular flexibility index (Phi) is 11.1. The Labute approximate surface area is 200 Å². The van der Waals surface area contributed by atoms with Gasteiger partial charge in [-0.1, -0.05) is 45.0 Å². The van der Waals surface area contributed by atoms with Crippen LogP contribution < -0.4 is 10.6 Å². The molecule has 2 rings (SSSR count). The van der Waals surface area contributed by atoms with Gasteiger partial charge in [-0.05, 0) is 48.6 Å². The van der Waals surface area contributed by atoms with E-state index in [0.717, 1.165) is 44.9 Å². The van der Waals surface area contributed by atoms with Crippen molar-refractivity contribution in [2.45, 2.75) is 52.4 Å². The summed E-state index contributed by atoms with van der Waals surface area (Å²) in [5.41, 5.74) is 2.85. The average molecular weight is 551 g/mol. The van der Waals surface area contributed by atoms with Crippen molar-refractivity contribution in [3.05, 3.63) is 35.4 Å². The van der Waals surface area contributed by atoms with E-state index < -0.39 is 10.0 Å². The van der Waals surface area contributed by atoms with E-state index in [4.69, 9.17) is 4.99 Å². The first-order valence-corrected chi connectivity index (χ1v) is 12.5. The molecule has 0 aliphatic carbocycles. The predicted octanol–water partition coefficient (Wildman–Crippen LogP) is 3.37. The number of aliphatic imine (C=N–C) groups is 1. The number of sulfonamides is 1. The van der Waals surface area contributed by atoms with Gasteiger partial charge in [-0.25, -0.2) is 12.7 Å². The molecule has 0 saturated carbocycles. The highest BCUT2D eigenvalue weighted by molar-refractivity contribution is 14.0. The SMILES string of the molecule is CCNC(=NCC1CCN(S(C)(=O)=O)CC1)NCCc1ccc(C(C)(C)C)cc1.I. The Morgan fingerprint density at radius 1 is 1.13 bits per heavy atom. The fraction of sp³-hybridized carbons (Fsp3) is 0.682. The summed E-state index contributed by atoms with van der Waals surface area (Å²) in [6.45, 7) is 12.3. The fourth-order valence-electron chi connectivity index (χ4n) is 3.48. The normalized spacial score (nSPS) is 16.8.